The number of benzene rings is 2. The summed E-state index contributed by atoms with van der Waals surface area (Å²) in [6, 6.07) is 20.3. The minimum Gasteiger partial charge on any atom is -0.302 e. The van der Waals surface area contributed by atoms with Gasteiger partial charge in [0.25, 0.3) is 0 Å². The van der Waals surface area contributed by atoms with Crippen molar-refractivity contribution in [3.63, 3.8) is 0 Å². The summed E-state index contributed by atoms with van der Waals surface area (Å²) in [4.78, 5) is 2.34. The molecule has 0 aliphatic heterocycles. The molecule has 1 aliphatic rings. The molecule has 0 unspecified atom stereocenters. The molecule has 0 aromatic heterocycles. The second-order valence-electron chi connectivity index (χ2n) is 5.31. The SMILES string of the molecule is CN(C)[C@@H]1C[C@H](c2ccccc2)c2ccccc21. The van der Waals surface area contributed by atoms with Gasteiger partial charge >= 0.3 is 0 Å². The Morgan fingerprint density at radius 2 is 1.44 bits per heavy atom. The van der Waals surface area contributed by atoms with Crippen LogP contribution in [0.3, 0.4) is 0 Å². The van der Waals surface area contributed by atoms with Crippen LogP contribution in [0.2, 0.25) is 0 Å². The molecule has 0 N–H and O–H groups in total. The molecule has 1 heteroatoms. The number of fused-ring (bicyclic) bond motifs is 1. The van der Waals surface area contributed by atoms with Crippen molar-refractivity contribution in [2.75, 3.05) is 14.1 Å². The quantitative estimate of drug-likeness (QED) is 0.767. The zero-order valence-electron chi connectivity index (χ0n) is 11.0. The Hall–Kier alpha value is -1.60. The minimum absolute atomic E-state index is 0.548. The molecular weight excluding hydrogens is 218 g/mol. The van der Waals surface area contributed by atoms with Gasteiger partial charge in [-0.3, -0.25) is 0 Å². The second-order valence-corrected chi connectivity index (χ2v) is 5.31. The Kier molecular flexibility index (Phi) is 2.92. The van der Waals surface area contributed by atoms with Crippen molar-refractivity contribution < 1.29 is 0 Å². The first kappa shape index (κ1) is 11.5. The van der Waals surface area contributed by atoms with Crippen LogP contribution >= 0.6 is 0 Å². The fourth-order valence-corrected chi connectivity index (χ4v) is 3.10. The van der Waals surface area contributed by atoms with E-state index in [0.717, 1.165) is 0 Å². The highest BCUT2D eigenvalue weighted by atomic mass is 15.1. The van der Waals surface area contributed by atoms with Crippen molar-refractivity contribution in [3.05, 3.63) is 71.3 Å². The average Bonchev–Trinajstić information content (AvgIpc) is 2.79. The Morgan fingerprint density at radius 1 is 0.833 bits per heavy atom. The van der Waals surface area contributed by atoms with Crippen molar-refractivity contribution in [2.24, 2.45) is 0 Å². The first-order chi connectivity index (χ1) is 8.77. The predicted octanol–water partition coefficient (Wildman–Crippen LogP) is 3.82. The van der Waals surface area contributed by atoms with Gasteiger partial charge in [-0.1, -0.05) is 54.6 Å². The van der Waals surface area contributed by atoms with Crippen molar-refractivity contribution in [2.45, 2.75) is 18.4 Å². The van der Waals surface area contributed by atoms with E-state index in [1.807, 2.05) is 0 Å². The molecule has 0 saturated carbocycles. The molecule has 0 amide bonds. The van der Waals surface area contributed by atoms with Gasteiger partial charge in [0.2, 0.25) is 0 Å². The molecular formula is C17H19N. The highest BCUT2D eigenvalue weighted by Gasteiger charge is 2.32. The molecule has 3 rings (SSSR count). The summed E-state index contributed by atoms with van der Waals surface area (Å²) in [5.41, 5.74) is 4.44. The topological polar surface area (TPSA) is 3.24 Å². The molecule has 0 fully saturated rings. The van der Waals surface area contributed by atoms with E-state index in [2.05, 4.69) is 73.6 Å². The van der Waals surface area contributed by atoms with Crippen LogP contribution in [0.5, 0.6) is 0 Å². The molecule has 1 aliphatic carbocycles. The van der Waals surface area contributed by atoms with Gasteiger partial charge in [-0.15, -0.1) is 0 Å². The highest BCUT2D eigenvalue weighted by molar-refractivity contribution is 5.44. The summed E-state index contributed by atoms with van der Waals surface area (Å²) in [6.07, 6.45) is 1.19. The molecule has 2 atom stereocenters. The Bertz CT molecular complexity index is 530. The maximum absolute atomic E-state index is 2.34. The Balaban J connectivity index is 2.05. The Morgan fingerprint density at radius 3 is 2.11 bits per heavy atom. The zero-order chi connectivity index (χ0) is 12.5. The van der Waals surface area contributed by atoms with Crippen LogP contribution in [-0.4, -0.2) is 19.0 Å². The van der Waals surface area contributed by atoms with E-state index in [4.69, 9.17) is 0 Å². The van der Waals surface area contributed by atoms with Crippen LogP contribution < -0.4 is 0 Å². The van der Waals surface area contributed by atoms with Gasteiger partial charge in [0.05, 0.1) is 0 Å². The lowest BCUT2D eigenvalue weighted by atomic mass is 9.93. The summed E-state index contributed by atoms with van der Waals surface area (Å²) < 4.78 is 0. The molecule has 0 radical (unpaired) electrons. The molecule has 92 valence electrons. The van der Waals surface area contributed by atoms with Gasteiger partial charge in [-0.25, -0.2) is 0 Å². The average molecular weight is 237 g/mol. The van der Waals surface area contributed by atoms with E-state index in [1.165, 1.54) is 23.1 Å². The van der Waals surface area contributed by atoms with Gasteiger partial charge in [-0.2, -0.15) is 0 Å². The monoisotopic (exact) mass is 237 g/mol. The third kappa shape index (κ3) is 1.85. The van der Waals surface area contributed by atoms with Crippen molar-refractivity contribution in [3.8, 4) is 0 Å². The molecule has 1 nitrogen and oxygen atoms in total. The third-order valence-corrected chi connectivity index (χ3v) is 4.01. The van der Waals surface area contributed by atoms with Crippen molar-refractivity contribution in [1.82, 2.24) is 4.90 Å². The van der Waals surface area contributed by atoms with E-state index in [1.54, 1.807) is 0 Å². The zero-order valence-corrected chi connectivity index (χ0v) is 11.0. The maximum atomic E-state index is 2.34. The standard InChI is InChI=1S/C17H19N/c1-18(2)17-12-16(13-8-4-3-5-9-13)14-10-6-7-11-15(14)17/h3-11,16-17H,12H2,1-2H3/t16-,17-/m1/s1. The second kappa shape index (κ2) is 4.58. The first-order valence-corrected chi connectivity index (χ1v) is 6.57. The smallest absolute Gasteiger partial charge is 0.0354 e. The minimum atomic E-state index is 0.548. The van der Waals surface area contributed by atoms with E-state index in [9.17, 15) is 0 Å². The van der Waals surface area contributed by atoms with E-state index in [-0.39, 0.29) is 0 Å². The molecule has 0 spiro atoms. The maximum Gasteiger partial charge on any atom is 0.0354 e. The largest absolute Gasteiger partial charge is 0.302 e. The van der Waals surface area contributed by atoms with Gasteiger partial charge in [0.15, 0.2) is 0 Å². The van der Waals surface area contributed by atoms with E-state index < -0.39 is 0 Å². The predicted molar refractivity (Wildman–Crippen MR) is 75.8 cm³/mol. The summed E-state index contributed by atoms with van der Waals surface area (Å²) in [7, 11) is 4.35. The van der Waals surface area contributed by atoms with Crippen molar-refractivity contribution in [1.29, 1.82) is 0 Å². The van der Waals surface area contributed by atoms with Gasteiger partial charge in [0.1, 0.15) is 0 Å². The first-order valence-electron chi connectivity index (χ1n) is 6.57. The van der Waals surface area contributed by atoms with Gasteiger partial charge in [-0.05, 0) is 37.2 Å². The molecule has 2 aromatic carbocycles. The van der Waals surface area contributed by atoms with Crippen LogP contribution in [0, 0.1) is 0 Å². The fraction of sp³-hybridized carbons (Fsp3) is 0.294. The number of hydrogen-bond acceptors (Lipinski definition) is 1. The lowest BCUT2D eigenvalue weighted by Crippen LogP contribution is -2.17. The van der Waals surface area contributed by atoms with Gasteiger partial charge in [0, 0.05) is 12.0 Å². The van der Waals surface area contributed by atoms with E-state index in [0.29, 0.717) is 12.0 Å². The molecule has 18 heavy (non-hydrogen) atoms. The van der Waals surface area contributed by atoms with Gasteiger partial charge < -0.3 is 4.90 Å². The Labute approximate surface area is 109 Å². The summed E-state index contributed by atoms with van der Waals surface area (Å²) >= 11 is 0. The third-order valence-electron chi connectivity index (χ3n) is 4.01. The summed E-state index contributed by atoms with van der Waals surface area (Å²) in [6.45, 7) is 0. The van der Waals surface area contributed by atoms with Crippen molar-refractivity contribution >= 4 is 0 Å². The number of hydrogen-bond donors (Lipinski definition) is 0. The summed E-state index contributed by atoms with van der Waals surface area (Å²) in [5, 5.41) is 0. The van der Waals surface area contributed by atoms with Crippen LogP contribution in [0.15, 0.2) is 54.6 Å². The molecule has 0 saturated heterocycles. The molecule has 0 heterocycles. The normalized spacial score (nSPS) is 22.2. The van der Waals surface area contributed by atoms with Crippen LogP contribution in [0.25, 0.3) is 0 Å². The fourth-order valence-electron chi connectivity index (χ4n) is 3.10. The molecule has 2 aromatic rings. The van der Waals surface area contributed by atoms with E-state index >= 15 is 0 Å². The number of nitrogens with zero attached hydrogens (tertiary/aromatic N) is 1. The highest BCUT2D eigenvalue weighted by Crippen LogP contribution is 2.45. The number of rotatable bonds is 2. The van der Waals surface area contributed by atoms with Crippen LogP contribution in [0.1, 0.15) is 35.1 Å². The lowest BCUT2D eigenvalue weighted by Gasteiger charge is -2.20. The van der Waals surface area contributed by atoms with Crippen LogP contribution in [0.4, 0.5) is 0 Å². The van der Waals surface area contributed by atoms with Crippen LogP contribution in [-0.2, 0) is 0 Å². The molecule has 0 bridgehead atoms. The summed E-state index contributed by atoms with van der Waals surface area (Å²) in [5.74, 6) is 0.551. The lowest BCUT2D eigenvalue weighted by molar-refractivity contribution is 0.293.